The number of carbonyl (C=O) groups is 1. The highest BCUT2D eigenvalue weighted by Crippen LogP contribution is 2.43. The summed E-state index contributed by atoms with van der Waals surface area (Å²) in [5.41, 5.74) is 1.76. The Labute approximate surface area is 120 Å². The van der Waals surface area contributed by atoms with E-state index in [0.717, 1.165) is 18.4 Å². The molecule has 0 unspecified atom stereocenters. The van der Waals surface area contributed by atoms with Gasteiger partial charge in [-0.1, -0.05) is 0 Å². The van der Waals surface area contributed by atoms with E-state index in [0.29, 0.717) is 22.9 Å². The first-order chi connectivity index (χ1) is 10.1. The monoisotopic (exact) mass is 282 g/mol. The lowest BCUT2D eigenvalue weighted by molar-refractivity contribution is 0.102. The van der Waals surface area contributed by atoms with Gasteiger partial charge in [-0.25, -0.2) is 4.98 Å². The summed E-state index contributed by atoms with van der Waals surface area (Å²) in [5, 5.41) is 2.90. The van der Waals surface area contributed by atoms with Crippen molar-refractivity contribution in [1.29, 1.82) is 0 Å². The van der Waals surface area contributed by atoms with Gasteiger partial charge < -0.3 is 15.2 Å². The molecule has 21 heavy (non-hydrogen) atoms. The Bertz CT molecular complexity index is 808. The molecule has 1 saturated carbocycles. The second-order valence-electron chi connectivity index (χ2n) is 5.47. The molecule has 0 atom stereocenters. The van der Waals surface area contributed by atoms with E-state index in [2.05, 4.69) is 15.3 Å². The summed E-state index contributed by atoms with van der Waals surface area (Å²) in [6, 6.07) is 5.28. The molecule has 4 rings (SSSR count). The van der Waals surface area contributed by atoms with Crippen LogP contribution >= 0.6 is 0 Å². The lowest BCUT2D eigenvalue weighted by Crippen LogP contribution is -2.25. The van der Waals surface area contributed by atoms with Crippen LogP contribution in [0.2, 0.25) is 0 Å². The van der Waals surface area contributed by atoms with Crippen molar-refractivity contribution in [3.63, 3.8) is 0 Å². The van der Waals surface area contributed by atoms with E-state index >= 15 is 0 Å². The van der Waals surface area contributed by atoms with Crippen LogP contribution in [-0.4, -0.2) is 21.9 Å². The third-order valence-corrected chi connectivity index (χ3v) is 3.87. The highest BCUT2D eigenvalue weighted by atomic mass is 16.2. The van der Waals surface area contributed by atoms with E-state index < -0.39 is 0 Å². The summed E-state index contributed by atoms with van der Waals surface area (Å²) < 4.78 is 0. The molecule has 0 aromatic carbocycles. The van der Waals surface area contributed by atoms with Gasteiger partial charge in [0.05, 0.1) is 11.3 Å². The fraction of sp³-hybridized carbons (Fsp3) is 0.267. The molecule has 0 radical (unpaired) electrons. The van der Waals surface area contributed by atoms with Crippen LogP contribution in [0.5, 0.6) is 0 Å². The molecule has 106 valence electrons. The summed E-state index contributed by atoms with van der Waals surface area (Å²) in [6.45, 7) is 1.82. The summed E-state index contributed by atoms with van der Waals surface area (Å²) in [5.74, 6) is 1.04. The van der Waals surface area contributed by atoms with Crippen molar-refractivity contribution in [3.05, 3.63) is 45.9 Å². The average Bonchev–Trinajstić information content (AvgIpc) is 3.27. The van der Waals surface area contributed by atoms with Crippen LogP contribution in [0.4, 0.5) is 17.3 Å². The van der Waals surface area contributed by atoms with Crippen LogP contribution in [0.1, 0.15) is 28.8 Å². The fourth-order valence-corrected chi connectivity index (χ4v) is 2.75. The van der Waals surface area contributed by atoms with Crippen molar-refractivity contribution in [2.45, 2.75) is 25.8 Å². The van der Waals surface area contributed by atoms with Gasteiger partial charge in [0, 0.05) is 18.3 Å². The van der Waals surface area contributed by atoms with Crippen molar-refractivity contribution in [2.24, 2.45) is 0 Å². The minimum atomic E-state index is -0.197. The van der Waals surface area contributed by atoms with E-state index in [9.17, 15) is 9.59 Å². The largest absolute Gasteiger partial charge is 0.319 e. The molecule has 6 heteroatoms. The first-order valence-corrected chi connectivity index (χ1v) is 6.94. The number of aryl methyl sites for hydroxylation is 1. The number of pyridine rings is 2. The molecular weight excluding hydrogens is 268 g/mol. The molecule has 0 spiro atoms. The minimum Gasteiger partial charge on any atom is -0.319 e. The summed E-state index contributed by atoms with van der Waals surface area (Å²) in [6.07, 6.45) is 3.72. The second kappa shape index (κ2) is 4.18. The Hall–Kier alpha value is -2.63. The van der Waals surface area contributed by atoms with E-state index in [-0.39, 0.29) is 17.5 Å². The molecule has 1 fully saturated rings. The van der Waals surface area contributed by atoms with Crippen molar-refractivity contribution < 1.29 is 4.79 Å². The topological polar surface area (TPSA) is 78.1 Å². The summed E-state index contributed by atoms with van der Waals surface area (Å²) >= 11 is 0. The number of amides is 1. The molecule has 3 heterocycles. The molecule has 0 bridgehead atoms. The zero-order valence-corrected chi connectivity index (χ0v) is 11.5. The fourth-order valence-electron chi connectivity index (χ4n) is 2.75. The van der Waals surface area contributed by atoms with E-state index in [4.69, 9.17) is 0 Å². The predicted octanol–water partition coefficient (Wildman–Crippen LogP) is 1.94. The standard InChI is InChI=1S/C15H14N4O2/c1-8-7-11(20)17-14-12(8)18-15(21)10-3-2-6-16-13(10)19(14)9-4-5-9/h2-3,6-7,9H,4-5H2,1H3,(H,17,20)(H,18,21). The Balaban J connectivity index is 2.04. The van der Waals surface area contributed by atoms with Gasteiger partial charge >= 0.3 is 0 Å². The molecule has 0 saturated heterocycles. The molecule has 6 nitrogen and oxygen atoms in total. The number of carbonyl (C=O) groups excluding carboxylic acids is 1. The predicted molar refractivity (Wildman–Crippen MR) is 79.2 cm³/mol. The molecule has 2 N–H and O–H groups in total. The first kappa shape index (κ1) is 12.1. The lowest BCUT2D eigenvalue weighted by atomic mass is 10.2. The number of nitrogens with zero attached hydrogens (tertiary/aromatic N) is 2. The molecule has 2 aromatic rings. The number of rotatable bonds is 1. The number of anilines is 3. The zero-order valence-electron chi connectivity index (χ0n) is 11.5. The Morgan fingerprint density at radius 3 is 2.90 bits per heavy atom. The van der Waals surface area contributed by atoms with Gasteiger partial charge in [-0.2, -0.15) is 0 Å². The van der Waals surface area contributed by atoms with Gasteiger partial charge in [0.15, 0.2) is 0 Å². The number of aromatic nitrogens is 2. The average molecular weight is 282 g/mol. The summed E-state index contributed by atoms with van der Waals surface area (Å²) in [7, 11) is 0. The van der Waals surface area contributed by atoms with Gasteiger partial charge in [0.1, 0.15) is 11.6 Å². The van der Waals surface area contributed by atoms with Crippen LogP contribution < -0.4 is 15.8 Å². The number of hydrogen-bond acceptors (Lipinski definition) is 4. The normalized spacial score (nSPS) is 16.8. The van der Waals surface area contributed by atoms with Crippen molar-refractivity contribution in [1.82, 2.24) is 9.97 Å². The van der Waals surface area contributed by atoms with Crippen LogP contribution in [-0.2, 0) is 0 Å². The highest BCUT2D eigenvalue weighted by Gasteiger charge is 2.37. The van der Waals surface area contributed by atoms with Crippen molar-refractivity contribution in [3.8, 4) is 0 Å². The Kier molecular flexibility index (Phi) is 2.42. The van der Waals surface area contributed by atoms with Crippen LogP contribution in [0, 0.1) is 6.92 Å². The maximum atomic E-state index is 12.4. The van der Waals surface area contributed by atoms with E-state index in [1.165, 1.54) is 6.07 Å². The quantitative estimate of drug-likeness (QED) is 0.838. The molecule has 2 aromatic heterocycles. The van der Waals surface area contributed by atoms with Gasteiger partial charge in [-0.05, 0) is 37.5 Å². The number of aromatic amines is 1. The highest BCUT2D eigenvalue weighted by molar-refractivity contribution is 6.11. The number of nitrogens with one attached hydrogen (secondary N) is 2. The van der Waals surface area contributed by atoms with E-state index in [1.54, 1.807) is 18.3 Å². The Morgan fingerprint density at radius 1 is 1.33 bits per heavy atom. The van der Waals surface area contributed by atoms with Crippen LogP contribution in [0.3, 0.4) is 0 Å². The number of fused-ring (bicyclic) bond motifs is 2. The number of hydrogen-bond donors (Lipinski definition) is 2. The molecule has 1 amide bonds. The number of H-pyrrole nitrogens is 1. The minimum absolute atomic E-state index is 0.175. The zero-order chi connectivity index (χ0) is 14.6. The van der Waals surface area contributed by atoms with Crippen LogP contribution in [0.15, 0.2) is 29.2 Å². The Morgan fingerprint density at radius 2 is 2.14 bits per heavy atom. The lowest BCUT2D eigenvalue weighted by Gasteiger charge is -2.24. The molecule has 2 aliphatic rings. The van der Waals surface area contributed by atoms with Gasteiger partial charge in [0.2, 0.25) is 5.56 Å². The second-order valence-corrected chi connectivity index (χ2v) is 5.47. The third-order valence-electron chi connectivity index (χ3n) is 3.87. The van der Waals surface area contributed by atoms with Crippen LogP contribution in [0.25, 0.3) is 0 Å². The smallest absolute Gasteiger partial charge is 0.259 e. The maximum absolute atomic E-state index is 12.4. The van der Waals surface area contributed by atoms with Gasteiger partial charge in [-0.15, -0.1) is 0 Å². The molecular formula is C15H14N4O2. The van der Waals surface area contributed by atoms with Crippen molar-refractivity contribution in [2.75, 3.05) is 10.2 Å². The van der Waals surface area contributed by atoms with Gasteiger partial charge in [0.25, 0.3) is 5.91 Å². The molecule has 1 aliphatic carbocycles. The first-order valence-electron chi connectivity index (χ1n) is 6.94. The van der Waals surface area contributed by atoms with Gasteiger partial charge in [-0.3, -0.25) is 9.59 Å². The maximum Gasteiger partial charge on any atom is 0.259 e. The van der Waals surface area contributed by atoms with E-state index in [1.807, 2.05) is 11.8 Å². The summed E-state index contributed by atoms with van der Waals surface area (Å²) in [4.78, 5) is 33.5. The molecule has 1 aliphatic heterocycles. The SMILES string of the molecule is Cc1cc(=O)[nH]c2c1NC(=O)c1cccnc1N2C1CC1. The van der Waals surface area contributed by atoms with Crippen molar-refractivity contribution >= 4 is 23.2 Å². The third kappa shape index (κ3) is 1.83.